The zero-order valence-corrected chi connectivity index (χ0v) is 11.8. The van der Waals surface area contributed by atoms with Crippen molar-refractivity contribution in [3.8, 4) is 5.75 Å². The number of methoxy groups -OCH3 is 1. The second kappa shape index (κ2) is 6.02. The first-order chi connectivity index (χ1) is 9.11. The molecule has 0 amide bonds. The molecule has 0 spiro atoms. The van der Waals surface area contributed by atoms with Gasteiger partial charge < -0.3 is 10.1 Å². The van der Waals surface area contributed by atoms with Crippen LogP contribution in [0.2, 0.25) is 0 Å². The van der Waals surface area contributed by atoms with Crippen molar-refractivity contribution in [2.75, 3.05) is 12.4 Å². The molecule has 2 rings (SSSR count). The molecule has 0 aliphatic rings. The van der Waals surface area contributed by atoms with Gasteiger partial charge in [-0.2, -0.15) is 0 Å². The lowest BCUT2D eigenvalue weighted by molar-refractivity contribution is 0.387. The quantitative estimate of drug-likeness (QED) is 0.901. The summed E-state index contributed by atoms with van der Waals surface area (Å²) >= 11 is 3.19. The second-order valence-electron chi connectivity index (χ2n) is 3.92. The Labute approximate surface area is 118 Å². The Kier molecular flexibility index (Phi) is 4.37. The van der Waals surface area contributed by atoms with E-state index in [4.69, 9.17) is 4.74 Å². The van der Waals surface area contributed by atoms with E-state index in [0.717, 1.165) is 5.56 Å². The van der Waals surface area contributed by atoms with Crippen LogP contribution >= 0.6 is 15.9 Å². The fraction of sp³-hybridized carbons (Fsp3) is 0.143. The minimum Gasteiger partial charge on any atom is -0.494 e. The lowest BCUT2D eigenvalue weighted by Gasteiger charge is -2.10. The van der Waals surface area contributed by atoms with Gasteiger partial charge in [-0.1, -0.05) is 12.1 Å². The molecular formula is C14H12BrF2NO. The molecule has 0 fully saturated rings. The molecule has 19 heavy (non-hydrogen) atoms. The van der Waals surface area contributed by atoms with Crippen molar-refractivity contribution in [1.82, 2.24) is 0 Å². The van der Waals surface area contributed by atoms with Gasteiger partial charge in [-0.05, 0) is 39.7 Å². The van der Waals surface area contributed by atoms with Gasteiger partial charge in [0, 0.05) is 18.3 Å². The third-order valence-corrected chi connectivity index (χ3v) is 3.55. The predicted octanol–water partition coefficient (Wildman–Crippen LogP) is 4.35. The molecule has 1 N–H and O–H groups in total. The second-order valence-corrected chi connectivity index (χ2v) is 4.71. The number of hydrogen-bond donors (Lipinski definition) is 1. The molecule has 0 radical (unpaired) electrons. The van der Waals surface area contributed by atoms with E-state index in [2.05, 4.69) is 21.2 Å². The normalized spacial score (nSPS) is 10.3. The maximum Gasteiger partial charge on any atom is 0.165 e. The third kappa shape index (κ3) is 3.23. The van der Waals surface area contributed by atoms with Crippen LogP contribution in [0, 0.1) is 11.6 Å². The molecule has 2 aromatic rings. The Hall–Kier alpha value is -1.62. The summed E-state index contributed by atoms with van der Waals surface area (Å²) in [5, 5.41) is 3.09. The highest BCUT2D eigenvalue weighted by Gasteiger charge is 2.06. The molecule has 0 unspecified atom stereocenters. The summed E-state index contributed by atoms with van der Waals surface area (Å²) in [6.07, 6.45) is 0. The van der Waals surface area contributed by atoms with Crippen molar-refractivity contribution in [1.29, 1.82) is 0 Å². The maximum atomic E-state index is 13.3. The summed E-state index contributed by atoms with van der Waals surface area (Å²) in [5.41, 5.74) is 1.48. The van der Waals surface area contributed by atoms with Crippen molar-refractivity contribution in [2.45, 2.75) is 6.54 Å². The molecular weight excluding hydrogens is 316 g/mol. The summed E-state index contributed by atoms with van der Waals surface area (Å²) in [7, 11) is 1.41. The Balaban J connectivity index is 2.12. The third-order valence-electron chi connectivity index (χ3n) is 2.67. The molecule has 0 heterocycles. The summed E-state index contributed by atoms with van der Waals surface area (Å²) in [6.45, 7) is 0.424. The van der Waals surface area contributed by atoms with Crippen LogP contribution in [0.15, 0.2) is 40.9 Å². The zero-order chi connectivity index (χ0) is 13.8. The topological polar surface area (TPSA) is 21.3 Å². The van der Waals surface area contributed by atoms with E-state index in [1.807, 2.05) is 0 Å². The molecule has 0 bridgehead atoms. The van der Waals surface area contributed by atoms with E-state index in [-0.39, 0.29) is 11.6 Å². The van der Waals surface area contributed by atoms with Gasteiger partial charge in [0.2, 0.25) is 0 Å². The highest BCUT2D eigenvalue weighted by Crippen LogP contribution is 2.24. The fourth-order valence-electron chi connectivity index (χ4n) is 1.65. The van der Waals surface area contributed by atoms with Crippen molar-refractivity contribution < 1.29 is 13.5 Å². The van der Waals surface area contributed by atoms with E-state index in [1.54, 1.807) is 24.3 Å². The van der Waals surface area contributed by atoms with Crippen LogP contribution in [0.5, 0.6) is 5.75 Å². The first-order valence-electron chi connectivity index (χ1n) is 5.62. The minimum atomic E-state index is -0.417. The van der Waals surface area contributed by atoms with Gasteiger partial charge >= 0.3 is 0 Å². The van der Waals surface area contributed by atoms with Crippen LogP contribution in [0.25, 0.3) is 0 Å². The van der Waals surface area contributed by atoms with E-state index in [1.165, 1.54) is 19.2 Å². The predicted molar refractivity (Wildman–Crippen MR) is 74.4 cm³/mol. The van der Waals surface area contributed by atoms with Crippen LogP contribution < -0.4 is 10.1 Å². The Morgan fingerprint density at radius 3 is 2.68 bits per heavy atom. The van der Waals surface area contributed by atoms with Gasteiger partial charge in [-0.25, -0.2) is 8.78 Å². The minimum absolute atomic E-state index is 0.170. The molecule has 100 valence electrons. The number of anilines is 1. The molecule has 2 aromatic carbocycles. The van der Waals surface area contributed by atoms with Crippen molar-refractivity contribution in [2.24, 2.45) is 0 Å². The molecule has 0 saturated heterocycles. The summed E-state index contributed by atoms with van der Waals surface area (Å²) in [4.78, 5) is 0. The number of nitrogens with one attached hydrogen (secondary N) is 1. The lowest BCUT2D eigenvalue weighted by Crippen LogP contribution is -2.01. The molecule has 0 aliphatic heterocycles. The van der Waals surface area contributed by atoms with Gasteiger partial charge in [0.1, 0.15) is 5.82 Å². The van der Waals surface area contributed by atoms with E-state index < -0.39 is 5.82 Å². The molecule has 0 atom stereocenters. The first kappa shape index (κ1) is 13.8. The Bertz CT molecular complexity index is 590. The highest BCUT2D eigenvalue weighted by atomic mass is 79.9. The van der Waals surface area contributed by atoms with Crippen LogP contribution in [-0.4, -0.2) is 7.11 Å². The summed E-state index contributed by atoms with van der Waals surface area (Å²) in [6, 6.07) is 9.31. The van der Waals surface area contributed by atoms with E-state index >= 15 is 0 Å². The smallest absolute Gasteiger partial charge is 0.165 e. The Morgan fingerprint density at radius 2 is 1.95 bits per heavy atom. The Morgan fingerprint density at radius 1 is 1.16 bits per heavy atom. The number of hydrogen-bond acceptors (Lipinski definition) is 2. The fourth-order valence-corrected chi connectivity index (χ4v) is 2.06. The van der Waals surface area contributed by atoms with Crippen LogP contribution in [0.4, 0.5) is 14.5 Å². The standard InChI is InChI=1S/C14H12BrF2NO/c1-19-13-7-10(5-6-11(13)16)18-8-9-3-2-4-12(17)14(9)15/h2-7,18H,8H2,1H3. The van der Waals surface area contributed by atoms with Crippen LogP contribution in [-0.2, 0) is 6.54 Å². The summed E-state index contributed by atoms with van der Waals surface area (Å²) < 4.78 is 31.9. The molecule has 0 aliphatic carbocycles. The number of benzene rings is 2. The molecule has 5 heteroatoms. The largest absolute Gasteiger partial charge is 0.494 e. The summed E-state index contributed by atoms with van der Waals surface area (Å²) in [5.74, 6) is -0.556. The van der Waals surface area contributed by atoms with Crippen molar-refractivity contribution in [3.05, 3.63) is 58.1 Å². The monoisotopic (exact) mass is 327 g/mol. The van der Waals surface area contributed by atoms with Gasteiger partial charge in [0.05, 0.1) is 11.6 Å². The van der Waals surface area contributed by atoms with E-state index in [0.29, 0.717) is 16.7 Å². The van der Waals surface area contributed by atoms with Crippen molar-refractivity contribution >= 4 is 21.6 Å². The average molecular weight is 328 g/mol. The van der Waals surface area contributed by atoms with Crippen LogP contribution in [0.1, 0.15) is 5.56 Å². The van der Waals surface area contributed by atoms with Gasteiger partial charge in [-0.15, -0.1) is 0 Å². The van der Waals surface area contributed by atoms with Crippen LogP contribution in [0.3, 0.4) is 0 Å². The number of halogens is 3. The zero-order valence-electron chi connectivity index (χ0n) is 10.2. The first-order valence-corrected chi connectivity index (χ1v) is 6.41. The maximum absolute atomic E-state index is 13.3. The number of rotatable bonds is 4. The van der Waals surface area contributed by atoms with Crippen molar-refractivity contribution in [3.63, 3.8) is 0 Å². The molecule has 0 saturated carbocycles. The van der Waals surface area contributed by atoms with E-state index in [9.17, 15) is 8.78 Å². The molecule has 2 nitrogen and oxygen atoms in total. The average Bonchev–Trinajstić information content (AvgIpc) is 2.42. The molecule has 0 aromatic heterocycles. The van der Waals surface area contributed by atoms with Gasteiger partial charge in [0.25, 0.3) is 0 Å². The highest BCUT2D eigenvalue weighted by molar-refractivity contribution is 9.10. The van der Waals surface area contributed by atoms with Gasteiger partial charge in [0.15, 0.2) is 11.6 Å². The lowest BCUT2D eigenvalue weighted by atomic mass is 10.2. The number of ether oxygens (including phenoxy) is 1. The van der Waals surface area contributed by atoms with Gasteiger partial charge in [-0.3, -0.25) is 0 Å². The SMILES string of the molecule is COc1cc(NCc2cccc(F)c2Br)ccc1F.